The SMILES string of the molecule is CN(C)C(=O)N[C@@H]1CN(Cc2cccc(F)c2)[C@@H]2CCCO[C@@H]21.O=C(O)C(F)(F)F. The molecule has 2 saturated heterocycles. The van der Waals surface area contributed by atoms with Crippen LogP contribution in [0, 0.1) is 5.82 Å². The number of fused-ring (bicyclic) bond motifs is 1. The Balaban J connectivity index is 0.000000396. The number of hydrogen-bond acceptors (Lipinski definition) is 4. The molecule has 0 aromatic heterocycles. The minimum absolute atomic E-state index is 0.0150. The number of nitrogens with one attached hydrogen (secondary N) is 1. The van der Waals surface area contributed by atoms with Crippen LogP contribution >= 0.6 is 0 Å². The van der Waals surface area contributed by atoms with E-state index in [0.717, 1.165) is 31.6 Å². The number of urea groups is 1. The fourth-order valence-electron chi connectivity index (χ4n) is 3.52. The summed E-state index contributed by atoms with van der Waals surface area (Å²) >= 11 is 0. The van der Waals surface area contributed by atoms with Gasteiger partial charge in [-0.25, -0.2) is 14.0 Å². The maximum Gasteiger partial charge on any atom is 0.490 e. The first kappa shape index (κ1) is 23.9. The Kier molecular flexibility index (Phi) is 8.02. The van der Waals surface area contributed by atoms with E-state index < -0.39 is 12.1 Å². The largest absolute Gasteiger partial charge is 0.490 e. The molecule has 2 fully saturated rings. The van der Waals surface area contributed by atoms with Gasteiger partial charge in [-0.1, -0.05) is 12.1 Å². The van der Waals surface area contributed by atoms with E-state index >= 15 is 0 Å². The maximum atomic E-state index is 13.4. The molecule has 11 heteroatoms. The van der Waals surface area contributed by atoms with Crippen LogP contribution in [0.4, 0.5) is 22.4 Å². The van der Waals surface area contributed by atoms with Crippen molar-refractivity contribution in [1.29, 1.82) is 0 Å². The number of carbonyl (C=O) groups excluding carboxylic acids is 1. The van der Waals surface area contributed by atoms with Crippen LogP contribution in [0.2, 0.25) is 0 Å². The van der Waals surface area contributed by atoms with Gasteiger partial charge in [-0.05, 0) is 30.5 Å². The number of hydrogen-bond donors (Lipinski definition) is 2. The third kappa shape index (κ3) is 6.56. The number of aliphatic carboxylic acids is 1. The summed E-state index contributed by atoms with van der Waals surface area (Å²) in [6.07, 6.45) is -3.00. The molecular weight excluding hydrogens is 410 g/mol. The van der Waals surface area contributed by atoms with Crippen LogP contribution < -0.4 is 5.32 Å². The Morgan fingerprint density at radius 2 is 2.00 bits per heavy atom. The molecule has 168 valence electrons. The van der Waals surface area contributed by atoms with Crippen molar-refractivity contribution in [3.63, 3.8) is 0 Å². The zero-order valence-electron chi connectivity index (χ0n) is 16.7. The van der Waals surface area contributed by atoms with Gasteiger partial charge in [0.25, 0.3) is 0 Å². The van der Waals surface area contributed by atoms with Crippen molar-refractivity contribution >= 4 is 12.0 Å². The van der Waals surface area contributed by atoms with Crippen molar-refractivity contribution in [2.45, 2.75) is 43.8 Å². The molecule has 3 rings (SSSR count). The molecule has 1 aromatic rings. The van der Waals surface area contributed by atoms with Gasteiger partial charge in [0.05, 0.1) is 12.1 Å². The fraction of sp³-hybridized carbons (Fsp3) is 0.579. The summed E-state index contributed by atoms with van der Waals surface area (Å²) < 4.78 is 51.1. The van der Waals surface area contributed by atoms with E-state index in [1.165, 1.54) is 11.0 Å². The number of alkyl halides is 3. The summed E-state index contributed by atoms with van der Waals surface area (Å²) in [5, 5.41) is 10.2. The Morgan fingerprint density at radius 3 is 2.57 bits per heavy atom. The molecule has 2 amide bonds. The zero-order valence-corrected chi connectivity index (χ0v) is 16.7. The van der Waals surface area contributed by atoms with Gasteiger partial charge in [0, 0.05) is 39.8 Å². The Bertz CT molecular complexity index is 745. The lowest BCUT2D eigenvalue weighted by molar-refractivity contribution is -0.192. The van der Waals surface area contributed by atoms with E-state index in [9.17, 15) is 22.4 Å². The smallest absolute Gasteiger partial charge is 0.475 e. The van der Waals surface area contributed by atoms with E-state index in [2.05, 4.69) is 10.2 Å². The first-order valence-electron chi connectivity index (χ1n) is 9.37. The van der Waals surface area contributed by atoms with E-state index in [1.54, 1.807) is 26.2 Å². The van der Waals surface area contributed by atoms with Crippen LogP contribution in [-0.2, 0) is 16.1 Å². The number of halogens is 4. The van der Waals surface area contributed by atoms with Crippen LogP contribution in [0.3, 0.4) is 0 Å². The van der Waals surface area contributed by atoms with E-state index in [-0.39, 0.29) is 30.0 Å². The van der Waals surface area contributed by atoms with Crippen molar-refractivity contribution in [2.75, 3.05) is 27.2 Å². The normalized spacial score (nSPS) is 23.7. The van der Waals surface area contributed by atoms with E-state index in [0.29, 0.717) is 6.54 Å². The molecule has 1 aromatic carbocycles. The number of rotatable bonds is 3. The molecule has 3 atom stereocenters. The molecule has 30 heavy (non-hydrogen) atoms. The lowest BCUT2D eigenvalue weighted by atomic mass is 10.0. The highest BCUT2D eigenvalue weighted by molar-refractivity contribution is 5.74. The molecule has 0 bridgehead atoms. The van der Waals surface area contributed by atoms with Gasteiger partial charge in [-0.15, -0.1) is 0 Å². The highest BCUT2D eigenvalue weighted by atomic mass is 19.4. The summed E-state index contributed by atoms with van der Waals surface area (Å²) in [6.45, 7) is 2.14. The monoisotopic (exact) mass is 435 g/mol. The van der Waals surface area contributed by atoms with Crippen LogP contribution in [0.5, 0.6) is 0 Å². The van der Waals surface area contributed by atoms with Crippen LogP contribution in [-0.4, -0.2) is 78.5 Å². The highest BCUT2D eigenvalue weighted by Crippen LogP contribution is 2.30. The van der Waals surface area contributed by atoms with Gasteiger partial charge < -0.3 is 20.1 Å². The lowest BCUT2D eigenvalue weighted by Gasteiger charge is -2.32. The minimum Gasteiger partial charge on any atom is -0.475 e. The molecule has 2 aliphatic heterocycles. The average Bonchev–Trinajstić information content (AvgIpc) is 2.99. The second-order valence-corrected chi connectivity index (χ2v) is 7.36. The summed E-state index contributed by atoms with van der Waals surface area (Å²) in [4.78, 5) is 24.7. The molecule has 7 nitrogen and oxygen atoms in total. The Hall–Kier alpha value is -2.40. The molecular formula is C19H25F4N3O4. The number of benzene rings is 1. The van der Waals surface area contributed by atoms with Crippen LogP contribution in [0.1, 0.15) is 18.4 Å². The summed E-state index contributed by atoms with van der Waals surface area (Å²) in [7, 11) is 3.46. The summed E-state index contributed by atoms with van der Waals surface area (Å²) in [5.41, 5.74) is 0.953. The molecule has 2 heterocycles. The third-order valence-corrected chi connectivity index (χ3v) is 4.86. The predicted molar refractivity (Wildman–Crippen MR) is 99.3 cm³/mol. The zero-order chi connectivity index (χ0) is 22.5. The number of ether oxygens (including phenoxy) is 1. The standard InChI is InChI=1S/C17H24FN3O2.C2HF3O2/c1-20(2)17(22)19-14-11-21(15-7-4-8-23-16(14)15)10-12-5-3-6-13(18)9-12;3-2(4,5)1(6)7/h3,5-6,9,14-16H,4,7-8,10-11H2,1-2H3,(H,19,22);(H,6,7)/t14-,15-,16-;/m1./s1. The summed E-state index contributed by atoms with van der Waals surface area (Å²) in [6, 6.07) is 6.86. The molecule has 0 unspecified atom stereocenters. The maximum absolute atomic E-state index is 13.4. The number of likely N-dealkylation sites (tertiary alicyclic amines) is 1. The van der Waals surface area contributed by atoms with Gasteiger partial charge in [-0.3, -0.25) is 4.90 Å². The van der Waals surface area contributed by atoms with Gasteiger partial charge in [0.1, 0.15) is 5.82 Å². The van der Waals surface area contributed by atoms with Crippen molar-refractivity contribution in [3.05, 3.63) is 35.6 Å². The Morgan fingerprint density at radius 1 is 1.33 bits per heavy atom. The van der Waals surface area contributed by atoms with Gasteiger partial charge in [0.2, 0.25) is 0 Å². The second kappa shape index (κ2) is 10.1. The van der Waals surface area contributed by atoms with E-state index in [4.69, 9.17) is 14.6 Å². The number of nitrogens with zero attached hydrogens (tertiary/aromatic N) is 2. The molecule has 2 aliphatic rings. The first-order chi connectivity index (χ1) is 14.0. The summed E-state index contributed by atoms with van der Waals surface area (Å²) in [5.74, 6) is -2.97. The number of carboxylic acids is 1. The number of amides is 2. The van der Waals surface area contributed by atoms with Gasteiger partial charge in [-0.2, -0.15) is 13.2 Å². The van der Waals surface area contributed by atoms with Crippen LogP contribution in [0.15, 0.2) is 24.3 Å². The topological polar surface area (TPSA) is 82.1 Å². The number of carbonyl (C=O) groups is 2. The molecule has 0 saturated carbocycles. The third-order valence-electron chi connectivity index (χ3n) is 4.86. The first-order valence-corrected chi connectivity index (χ1v) is 9.37. The fourth-order valence-corrected chi connectivity index (χ4v) is 3.52. The molecule has 0 aliphatic carbocycles. The van der Waals surface area contributed by atoms with Crippen molar-refractivity contribution in [3.8, 4) is 0 Å². The van der Waals surface area contributed by atoms with E-state index in [1.807, 2.05) is 6.07 Å². The van der Waals surface area contributed by atoms with Gasteiger partial charge >= 0.3 is 18.2 Å². The van der Waals surface area contributed by atoms with Crippen LogP contribution in [0.25, 0.3) is 0 Å². The van der Waals surface area contributed by atoms with Crippen molar-refractivity contribution in [2.24, 2.45) is 0 Å². The lowest BCUT2D eigenvalue weighted by Crippen LogP contribution is -2.50. The predicted octanol–water partition coefficient (Wildman–Crippen LogP) is 2.46. The molecule has 0 radical (unpaired) electrons. The highest BCUT2D eigenvalue weighted by Gasteiger charge is 2.44. The average molecular weight is 435 g/mol. The van der Waals surface area contributed by atoms with Gasteiger partial charge in [0.15, 0.2) is 0 Å². The second-order valence-electron chi connectivity index (χ2n) is 7.36. The minimum atomic E-state index is -5.08. The quantitative estimate of drug-likeness (QED) is 0.713. The molecule has 0 spiro atoms. The van der Waals surface area contributed by atoms with Crippen molar-refractivity contribution in [1.82, 2.24) is 15.1 Å². The number of carboxylic acid groups (broad SMARTS) is 1. The molecule has 2 N–H and O–H groups in total. The van der Waals surface area contributed by atoms with Crippen molar-refractivity contribution < 1.29 is 37.0 Å². The Labute approximate surface area is 171 Å².